The molecule has 1 amide bonds. The maximum absolute atomic E-state index is 11.9. The number of methoxy groups -OCH3 is 1. The van der Waals surface area contributed by atoms with Crippen LogP contribution in [0.1, 0.15) is 26.2 Å². The number of piperazine rings is 1. The summed E-state index contributed by atoms with van der Waals surface area (Å²) < 4.78 is 16.2. The van der Waals surface area contributed by atoms with Crippen LogP contribution >= 0.6 is 0 Å². The highest BCUT2D eigenvalue weighted by Crippen LogP contribution is 2.10. The molecule has 2 aliphatic heterocycles. The standard InChI is InChI=1S/C20H39N5O4/c1-3-21-20(23-7-4-13-29-18-5-14-28-15-6-18)25-11-9-24(10-12-25)17-19(26)22-8-16-27-2/h18H,3-17H2,1-2H3,(H,21,23)(H,22,26). The Morgan fingerprint density at radius 3 is 2.59 bits per heavy atom. The molecular weight excluding hydrogens is 374 g/mol. The summed E-state index contributed by atoms with van der Waals surface area (Å²) in [5.41, 5.74) is 0. The molecule has 0 atom stereocenters. The molecule has 2 rings (SSSR count). The van der Waals surface area contributed by atoms with Crippen molar-refractivity contribution >= 4 is 11.9 Å². The van der Waals surface area contributed by atoms with Crippen molar-refractivity contribution in [3.63, 3.8) is 0 Å². The number of nitrogens with zero attached hydrogens (tertiary/aromatic N) is 3. The number of hydrogen-bond donors (Lipinski definition) is 2. The maximum Gasteiger partial charge on any atom is 0.234 e. The number of hydrogen-bond acceptors (Lipinski definition) is 6. The van der Waals surface area contributed by atoms with Crippen molar-refractivity contribution in [2.24, 2.45) is 4.99 Å². The molecule has 0 spiro atoms. The van der Waals surface area contributed by atoms with Gasteiger partial charge in [-0.15, -0.1) is 0 Å². The molecule has 9 nitrogen and oxygen atoms in total. The number of nitrogens with one attached hydrogen (secondary N) is 2. The summed E-state index contributed by atoms with van der Waals surface area (Å²) in [6.45, 7) is 11.1. The summed E-state index contributed by atoms with van der Waals surface area (Å²) in [4.78, 5) is 21.2. The first-order valence-corrected chi connectivity index (χ1v) is 10.9. The van der Waals surface area contributed by atoms with Crippen LogP contribution < -0.4 is 10.6 Å². The summed E-state index contributed by atoms with van der Waals surface area (Å²) >= 11 is 0. The molecule has 0 radical (unpaired) electrons. The van der Waals surface area contributed by atoms with Crippen LogP contribution in [0.2, 0.25) is 0 Å². The quantitative estimate of drug-likeness (QED) is 0.278. The first-order chi connectivity index (χ1) is 14.2. The van der Waals surface area contributed by atoms with Crippen LogP contribution in [0.25, 0.3) is 0 Å². The highest BCUT2D eigenvalue weighted by molar-refractivity contribution is 5.80. The van der Waals surface area contributed by atoms with Gasteiger partial charge >= 0.3 is 0 Å². The Morgan fingerprint density at radius 2 is 1.90 bits per heavy atom. The van der Waals surface area contributed by atoms with Gasteiger partial charge in [-0.05, 0) is 26.2 Å². The molecule has 2 heterocycles. The Kier molecular flexibility index (Phi) is 12.0. The fourth-order valence-electron chi connectivity index (χ4n) is 3.44. The van der Waals surface area contributed by atoms with E-state index in [0.717, 1.165) is 84.3 Å². The molecule has 0 aromatic rings. The molecular formula is C20H39N5O4. The minimum atomic E-state index is 0.0561. The molecule has 0 saturated carbocycles. The van der Waals surface area contributed by atoms with Crippen LogP contribution in [-0.4, -0.2) is 114 Å². The smallest absolute Gasteiger partial charge is 0.234 e. The Labute approximate surface area is 175 Å². The van der Waals surface area contributed by atoms with E-state index in [4.69, 9.17) is 19.2 Å². The Bertz CT molecular complexity index is 477. The third-order valence-corrected chi connectivity index (χ3v) is 5.09. The lowest BCUT2D eigenvalue weighted by molar-refractivity contribution is -0.122. The van der Waals surface area contributed by atoms with Crippen molar-refractivity contribution in [1.82, 2.24) is 20.4 Å². The highest BCUT2D eigenvalue weighted by atomic mass is 16.5. The molecule has 29 heavy (non-hydrogen) atoms. The minimum Gasteiger partial charge on any atom is -0.383 e. The largest absolute Gasteiger partial charge is 0.383 e. The normalized spacial score (nSPS) is 19.4. The van der Waals surface area contributed by atoms with Gasteiger partial charge in [-0.25, -0.2) is 0 Å². The fourth-order valence-corrected chi connectivity index (χ4v) is 3.44. The van der Waals surface area contributed by atoms with Crippen molar-refractivity contribution in [1.29, 1.82) is 0 Å². The second-order valence-electron chi connectivity index (χ2n) is 7.38. The summed E-state index contributed by atoms with van der Waals surface area (Å²) in [5.74, 6) is 1.02. The third-order valence-electron chi connectivity index (χ3n) is 5.09. The second kappa shape index (κ2) is 14.5. The number of amides is 1. The first-order valence-electron chi connectivity index (χ1n) is 10.9. The van der Waals surface area contributed by atoms with Gasteiger partial charge < -0.3 is 29.7 Å². The number of rotatable bonds is 11. The lowest BCUT2D eigenvalue weighted by Crippen LogP contribution is -2.54. The van der Waals surface area contributed by atoms with Crippen LogP contribution in [0, 0.1) is 0 Å². The SMILES string of the molecule is CCNC(=NCCCOC1CCOCC1)N1CCN(CC(=O)NCCOC)CC1. The van der Waals surface area contributed by atoms with Gasteiger partial charge in [0.25, 0.3) is 0 Å². The Hall–Kier alpha value is -1.42. The van der Waals surface area contributed by atoms with Crippen LogP contribution in [0.5, 0.6) is 0 Å². The number of ether oxygens (including phenoxy) is 3. The lowest BCUT2D eigenvalue weighted by Gasteiger charge is -2.36. The van der Waals surface area contributed by atoms with Crippen molar-refractivity contribution in [2.75, 3.05) is 85.9 Å². The van der Waals surface area contributed by atoms with Gasteiger partial charge in [0, 0.05) is 72.7 Å². The van der Waals surface area contributed by atoms with Crippen LogP contribution in [0.15, 0.2) is 4.99 Å². The molecule has 168 valence electrons. The van der Waals surface area contributed by atoms with E-state index >= 15 is 0 Å². The van der Waals surface area contributed by atoms with Crippen molar-refractivity contribution < 1.29 is 19.0 Å². The molecule has 2 saturated heterocycles. The predicted molar refractivity (Wildman–Crippen MR) is 113 cm³/mol. The van der Waals surface area contributed by atoms with E-state index in [-0.39, 0.29) is 5.91 Å². The summed E-state index contributed by atoms with van der Waals surface area (Å²) in [5, 5.41) is 6.26. The minimum absolute atomic E-state index is 0.0561. The molecule has 2 aliphatic rings. The van der Waals surface area contributed by atoms with E-state index in [9.17, 15) is 4.79 Å². The van der Waals surface area contributed by atoms with Gasteiger partial charge in [0.1, 0.15) is 0 Å². The average Bonchev–Trinajstić information content (AvgIpc) is 2.74. The summed E-state index contributed by atoms with van der Waals surface area (Å²) in [7, 11) is 1.63. The van der Waals surface area contributed by atoms with Gasteiger partial charge in [0.2, 0.25) is 5.91 Å². The molecule has 0 bridgehead atoms. The highest BCUT2D eigenvalue weighted by Gasteiger charge is 2.21. The van der Waals surface area contributed by atoms with E-state index in [2.05, 4.69) is 27.4 Å². The number of carbonyl (C=O) groups excluding carboxylic acids is 1. The number of guanidine groups is 1. The van der Waals surface area contributed by atoms with E-state index in [1.807, 2.05) is 0 Å². The number of carbonyl (C=O) groups is 1. The third kappa shape index (κ3) is 9.75. The maximum atomic E-state index is 11.9. The summed E-state index contributed by atoms with van der Waals surface area (Å²) in [6, 6.07) is 0. The molecule has 0 aliphatic carbocycles. The average molecular weight is 414 g/mol. The molecule has 2 N–H and O–H groups in total. The molecule has 2 fully saturated rings. The zero-order chi connectivity index (χ0) is 20.7. The second-order valence-corrected chi connectivity index (χ2v) is 7.38. The Morgan fingerprint density at radius 1 is 1.14 bits per heavy atom. The molecule has 0 aromatic carbocycles. The van der Waals surface area contributed by atoms with Gasteiger partial charge in [0.15, 0.2) is 5.96 Å². The van der Waals surface area contributed by atoms with Gasteiger partial charge in [-0.2, -0.15) is 0 Å². The van der Waals surface area contributed by atoms with Gasteiger partial charge in [-0.1, -0.05) is 0 Å². The van der Waals surface area contributed by atoms with E-state index in [1.54, 1.807) is 7.11 Å². The van der Waals surface area contributed by atoms with Gasteiger partial charge in [-0.3, -0.25) is 14.7 Å². The van der Waals surface area contributed by atoms with Gasteiger partial charge in [0.05, 0.1) is 19.3 Å². The van der Waals surface area contributed by atoms with Crippen LogP contribution in [0.4, 0.5) is 0 Å². The van der Waals surface area contributed by atoms with Crippen LogP contribution in [-0.2, 0) is 19.0 Å². The molecule has 0 unspecified atom stereocenters. The van der Waals surface area contributed by atoms with Crippen molar-refractivity contribution in [3.8, 4) is 0 Å². The molecule has 9 heteroatoms. The zero-order valence-electron chi connectivity index (χ0n) is 18.2. The van der Waals surface area contributed by atoms with Crippen molar-refractivity contribution in [3.05, 3.63) is 0 Å². The summed E-state index contributed by atoms with van der Waals surface area (Å²) in [6.07, 6.45) is 3.27. The fraction of sp³-hybridized carbons (Fsp3) is 0.900. The van der Waals surface area contributed by atoms with E-state index < -0.39 is 0 Å². The molecule has 0 aromatic heterocycles. The predicted octanol–water partition coefficient (Wildman–Crippen LogP) is -0.0822. The first kappa shape index (κ1) is 23.9. The lowest BCUT2D eigenvalue weighted by atomic mass is 10.1. The van der Waals surface area contributed by atoms with Crippen LogP contribution in [0.3, 0.4) is 0 Å². The Balaban J connectivity index is 1.65. The van der Waals surface area contributed by atoms with E-state index in [0.29, 0.717) is 25.8 Å². The monoisotopic (exact) mass is 413 g/mol. The topological polar surface area (TPSA) is 87.7 Å². The zero-order valence-corrected chi connectivity index (χ0v) is 18.2. The van der Waals surface area contributed by atoms with Crippen molar-refractivity contribution in [2.45, 2.75) is 32.3 Å². The van der Waals surface area contributed by atoms with E-state index in [1.165, 1.54) is 0 Å². The number of aliphatic imine (C=N–C) groups is 1.